The monoisotopic (exact) mass is 288 g/mol. The van der Waals surface area contributed by atoms with Gasteiger partial charge in [0.15, 0.2) is 0 Å². The van der Waals surface area contributed by atoms with Crippen molar-refractivity contribution in [3.05, 3.63) is 35.9 Å². The van der Waals surface area contributed by atoms with E-state index in [1.165, 1.54) is 24.3 Å². The summed E-state index contributed by atoms with van der Waals surface area (Å²) in [5.74, 6) is -2.35. The van der Waals surface area contributed by atoms with Crippen LogP contribution in [-0.4, -0.2) is 31.7 Å². The first kappa shape index (κ1) is 16.5. The van der Waals surface area contributed by atoms with E-state index >= 15 is 0 Å². The van der Waals surface area contributed by atoms with Crippen LogP contribution in [0.25, 0.3) is 0 Å². The average Bonchev–Trinajstić information content (AvgIpc) is 2.41. The molecule has 1 rings (SSSR count). The molecule has 6 heteroatoms. The molecule has 0 aliphatic heterocycles. The molecule has 0 aliphatic rings. The van der Waals surface area contributed by atoms with Gasteiger partial charge in [0, 0.05) is 19.5 Å². The quantitative estimate of drug-likeness (QED) is 0.757. The fraction of sp³-hybridized carbons (Fsp3) is 0.500. The Balaban J connectivity index is 2.61. The van der Waals surface area contributed by atoms with E-state index in [0.717, 1.165) is 6.54 Å². The zero-order valence-electron chi connectivity index (χ0n) is 11.3. The van der Waals surface area contributed by atoms with Gasteiger partial charge in [0.2, 0.25) is 5.91 Å². The Morgan fingerprint density at radius 1 is 1.20 bits per heavy atom. The molecule has 1 amide bonds. The molecule has 0 fully saturated rings. The molecule has 1 aromatic rings. The molecule has 20 heavy (non-hydrogen) atoms. The van der Waals surface area contributed by atoms with Crippen molar-refractivity contribution < 1.29 is 18.0 Å². The standard InChI is InChI=1S/C14H19F3N2O/c1-2-18-8-9-19-13(20)10-12(14(15,16)17)11-6-4-3-5-7-11/h3-7,12,18H,2,8-10H2,1H3,(H,19,20). The largest absolute Gasteiger partial charge is 0.396 e. The molecule has 0 radical (unpaired) electrons. The average molecular weight is 288 g/mol. The zero-order valence-corrected chi connectivity index (χ0v) is 11.3. The molecular formula is C14H19F3N2O. The number of carbonyl (C=O) groups excluding carboxylic acids is 1. The molecule has 0 spiro atoms. The van der Waals surface area contributed by atoms with Crippen LogP contribution in [-0.2, 0) is 4.79 Å². The number of rotatable bonds is 7. The number of nitrogens with one attached hydrogen (secondary N) is 2. The maximum absolute atomic E-state index is 13.0. The van der Waals surface area contributed by atoms with E-state index in [1.54, 1.807) is 6.07 Å². The summed E-state index contributed by atoms with van der Waals surface area (Å²) in [6, 6.07) is 7.51. The van der Waals surface area contributed by atoms with E-state index in [0.29, 0.717) is 13.1 Å². The molecule has 3 nitrogen and oxygen atoms in total. The van der Waals surface area contributed by atoms with Gasteiger partial charge in [-0.1, -0.05) is 37.3 Å². The fourth-order valence-corrected chi connectivity index (χ4v) is 1.83. The van der Waals surface area contributed by atoms with Gasteiger partial charge >= 0.3 is 6.18 Å². The lowest BCUT2D eigenvalue weighted by atomic mass is 9.95. The molecule has 1 atom stereocenters. The Morgan fingerprint density at radius 3 is 2.40 bits per heavy atom. The number of amides is 1. The van der Waals surface area contributed by atoms with Crippen molar-refractivity contribution >= 4 is 5.91 Å². The van der Waals surface area contributed by atoms with Crippen LogP contribution in [0.2, 0.25) is 0 Å². The highest BCUT2D eigenvalue weighted by molar-refractivity contribution is 5.77. The highest BCUT2D eigenvalue weighted by Crippen LogP contribution is 2.37. The van der Waals surface area contributed by atoms with Crippen LogP contribution in [0.15, 0.2) is 30.3 Å². The predicted molar refractivity (Wildman–Crippen MR) is 71.4 cm³/mol. The van der Waals surface area contributed by atoms with Crippen LogP contribution in [0, 0.1) is 0 Å². The van der Waals surface area contributed by atoms with Gasteiger partial charge in [-0.25, -0.2) is 0 Å². The third kappa shape index (κ3) is 5.61. The Kier molecular flexibility index (Phi) is 6.51. The summed E-state index contributed by atoms with van der Waals surface area (Å²) < 4.78 is 39.1. The zero-order chi connectivity index (χ0) is 15.0. The lowest BCUT2D eigenvalue weighted by Crippen LogP contribution is -2.34. The summed E-state index contributed by atoms with van der Waals surface area (Å²) >= 11 is 0. The second-order valence-electron chi connectivity index (χ2n) is 4.41. The van der Waals surface area contributed by atoms with Crippen molar-refractivity contribution in [3.8, 4) is 0 Å². The summed E-state index contributed by atoms with van der Waals surface area (Å²) in [6.45, 7) is 3.54. The second-order valence-corrected chi connectivity index (χ2v) is 4.41. The van der Waals surface area contributed by atoms with Crippen molar-refractivity contribution in [2.75, 3.05) is 19.6 Å². The highest BCUT2D eigenvalue weighted by atomic mass is 19.4. The number of alkyl halides is 3. The van der Waals surface area contributed by atoms with E-state index in [2.05, 4.69) is 10.6 Å². The van der Waals surface area contributed by atoms with Gasteiger partial charge < -0.3 is 10.6 Å². The van der Waals surface area contributed by atoms with E-state index < -0.39 is 24.4 Å². The number of halogens is 3. The SMILES string of the molecule is CCNCCNC(=O)CC(c1ccccc1)C(F)(F)F. The molecule has 0 saturated heterocycles. The summed E-state index contributed by atoms with van der Waals surface area (Å²) in [4.78, 5) is 11.6. The number of hydrogen-bond acceptors (Lipinski definition) is 2. The number of likely N-dealkylation sites (N-methyl/N-ethyl adjacent to an activating group) is 1. The van der Waals surface area contributed by atoms with Crippen molar-refractivity contribution in [1.29, 1.82) is 0 Å². The number of benzene rings is 1. The lowest BCUT2D eigenvalue weighted by molar-refractivity contribution is -0.157. The van der Waals surface area contributed by atoms with Crippen molar-refractivity contribution in [3.63, 3.8) is 0 Å². The van der Waals surface area contributed by atoms with Crippen molar-refractivity contribution in [1.82, 2.24) is 10.6 Å². The fourth-order valence-electron chi connectivity index (χ4n) is 1.83. The summed E-state index contributed by atoms with van der Waals surface area (Å²) in [5.41, 5.74) is 0.113. The maximum Gasteiger partial charge on any atom is 0.396 e. The minimum Gasteiger partial charge on any atom is -0.355 e. The van der Waals surface area contributed by atoms with E-state index in [-0.39, 0.29) is 5.56 Å². The maximum atomic E-state index is 13.0. The van der Waals surface area contributed by atoms with Crippen LogP contribution in [0.3, 0.4) is 0 Å². The molecule has 0 aliphatic carbocycles. The first-order valence-electron chi connectivity index (χ1n) is 6.54. The van der Waals surface area contributed by atoms with Gasteiger partial charge in [-0.2, -0.15) is 13.2 Å². The third-order valence-corrected chi connectivity index (χ3v) is 2.86. The van der Waals surface area contributed by atoms with Gasteiger partial charge in [0.05, 0.1) is 5.92 Å². The second kappa shape index (κ2) is 7.89. The van der Waals surface area contributed by atoms with Crippen LogP contribution in [0.4, 0.5) is 13.2 Å². The molecule has 0 bridgehead atoms. The van der Waals surface area contributed by atoms with E-state index in [4.69, 9.17) is 0 Å². The smallest absolute Gasteiger partial charge is 0.355 e. The van der Waals surface area contributed by atoms with Gasteiger partial charge in [-0.15, -0.1) is 0 Å². The Hall–Kier alpha value is -1.56. The Labute approximate surface area is 116 Å². The van der Waals surface area contributed by atoms with Crippen LogP contribution in [0.1, 0.15) is 24.8 Å². The van der Waals surface area contributed by atoms with E-state index in [1.807, 2.05) is 6.92 Å². The normalized spacial score (nSPS) is 13.0. The predicted octanol–water partition coefficient (Wildman–Crippen LogP) is 2.45. The minimum atomic E-state index is -4.43. The van der Waals surface area contributed by atoms with E-state index in [9.17, 15) is 18.0 Å². The van der Waals surface area contributed by atoms with Crippen LogP contribution < -0.4 is 10.6 Å². The first-order chi connectivity index (χ1) is 9.45. The third-order valence-electron chi connectivity index (χ3n) is 2.86. The summed E-state index contributed by atoms with van der Waals surface area (Å²) in [5, 5.41) is 5.47. The number of hydrogen-bond donors (Lipinski definition) is 2. The molecule has 0 aromatic heterocycles. The number of carbonyl (C=O) groups is 1. The molecule has 0 saturated carbocycles. The molecule has 112 valence electrons. The van der Waals surface area contributed by atoms with Gasteiger partial charge in [0.25, 0.3) is 0 Å². The van der Waals surface area contributed by atoms with Gasteiger partial charge in [-0.3, -0.25) is 4.79 Å². The Bertz CT molecular complexity index is 407. The summed E-state index contributed by atoms with van der Waals surface area (Å²) in [6.07, 6.45) is -5.01. The first-order valence-corrected chi connectivity index (χ1v) is 6.54. The van der Waals surface area contributed by atoms with Crippen molar-refractivity contribution in [2.45, 2.75) is 25.4 Å². The van der Waals surface area contributed by atoms with Gasteiger partial charge in [0.1, 0.15) is 0 Å². The minimum absolute atomic E-state index is 0.113. The molecule has 1 unspecified atom stereocenters. The van der Waals surface area contributed by atoms with Gasteiger partial charge in [-0.05, 0) is 12.1 Å². The molecule has 1 aromatic carbocycles. The van der Waals surface area contributed by atoms with Crippen molar-refractivity contribution in [2.24, 2.45) is 0 Å². The highest BCUT2D eigenvalue weighted by Gasteiger charge is 2.41. The molecule has 0 heterocycles. The lowest BCUT2D eigenvalue weighted by Gasteiger charge is -2.20. The molecule has 2 N–H and O–H groups in total. The Morgan fingerprint density at radius 2 is 1.85 bits per heavy atom. The topological polar surface area (TPSA) is 41.1 Å². The van der Waals surface area contributed by atoms with Crippen LogP contribution >= 0.6 is 0 Å². The molecular weight excluding hydrogens is 269 g/mol. The summed E-state index contributed by atoms with van der Waals surface area (Å²) in [7, 11) is 0. The van der Waals surface area contributed by atoms with Crippen LogP contribution in [0.5, 0.6) is 0 Å².